The van der Waals surface area contributed by atoms with Gasteiger partial charge in [-0.25, -0.2) is 0 Å². The van der Waals surface area contributed by atoms with Gasteiger partial charge in [-0.1, -0.05) is 66.0 Å². The molecule has 1 heterocycles. The van der Waals surface area contributed by atoms with Crippen molar-refractivity contribution < 1.29 is 4.79 Å². The van der Waals surface area contributed by atoms with Gasteiger partial charge in [-0.05, 0) is 18.6 Å². The molecule has 92 valence electrons. The Labute approximate surface area is 126 Å². The van der Waals surface area contributed by atoms with Crippen LogP contribution < -0.4 is 4.90 Å². The van der Waals surface area contributed by atoms with Gasteiger partial charge in [0, 0.05) is 19.2 Å². The number of hydrogen-bond acceptors (Lipinski definition) is 1. The van der Waals surface area contributed by atoms with Crippen LogP contribution in [0.4, 0.5) is 5.69 Å². The van der Waals surface area contributed by atoms with Crippen LogP contribution in [0.2, 0.25) is 0 Å². The fourth-order valence-electron chi connectivity index (χ4n) is 2.40. The first kappa shape index (κ1) is 13.6. The highest BCUT2D eigenvalue weighted by Crippen LogP contribution is 2.50. The van der Waals surface area contributed by atoms with Gasteiger partial charge in [0.2, 0.25) is 5.91 Å². The highest BCUT2D eigenvalue weighted by atomic mass is 80.0. The molecule has 0 N–H and O–H groups in total. The van der Waals surface area contributed by atoms with E-state index in [0.717, 1.165) is 11.3 Å². The molecule has 0 spiro atoms. The van der Waals surface area contributed by atoms with E-state index in [9.17, 15) is 4.79 Å². The van der Waals surface area contributed by atoms with Crippen LogP contribution in [-0.2, 0) is 10.2 Å². The summed E-state index contributed by atoms with van der Waals surface area (Å²) in [6.45, 7) is 1.98. The van der Waals surface area contributed by atoms with Gasteiger partial charge >= 0.3 is 0 Å². The standard InChI is InChI=1S/C12H12Br3NO/c1-11(7-12(13,14)15)8-5-3-4-6-9(8)16(2)10(11)17/h3-6H,7H2,1-2H3/t11-/m1/s1. The zero-order valence-corrected chi connectivity index (χ0v) is 14.3. The van der Waals surface area contributed by atoms with Gasteiger partial charge in [0.15, 0.2) is 0 Å². The lowest BCUT2D eigenvalue weighted by Gasteiger charge is -2.27. The van der Waals surface area contributed by atoms with E-state index in [1.54, 1.807) is 4.90 Å². The van der Waals surface area contributed by atoms with Crippen molar-refractivity contribution in [2.45, 2.75) is 20.9 Å². The molecule has 1 aromatic carbocycles. The number of benzene rings is 1. The van der Waals surface area contributed by atoms with Gasteiger partial charge in [0.05, 0.1) is 5.41 Å². The van der Waals surface area contributed by atoms with Crippen LogP contribution in [0, 0.1) is 0 Å². The molecule has 0 aromatic heterocycles. The van der Waals surface area contributed by atoms with E-state index in [1.807, 2.05) is 38.2 Å². The Morgan fingerprint density at radius 1 is 1.29 bits per heavy atom. The number of fused-ring (bicyclic) bond motifs is 1. The number of para-hydroxylation sites is 1. The van der Waals surface area contributed by atoms with Gasteiger partial charge < -0.3 is 4.90 Å². The van der Waals surface area contributed by atoms with Crippen molar-refractivity contribution in [1.29, 1.82) is 0 Å². The van der Waals surface area contributed by atoms with Gasteiger partial charge in [0.25, 0.3) is 0 Å². The first-order valence-electron chi connectivity index (χ1n) is 5.20. The van der Waals surface area contributed by atoms with Crippen LogP contribution in [0.1, 0.15) is 18.9 Å². The molecule has 1 amide bonds. The Morgan fingerprint density at radius 3 is 2.47 bits per heavy atom. The summed E-state index contributed by atoms with van der Waals surface area (Å²) < 4.78 is -0.421. The summed E-state index contributed by atoms with van der Waals surface area (Å²) in [4.78, 5) is 14.2. The Hall–Kier alpha value is 0.130. The van der Waals surface area contributed by atoms with E-state index in [-0.39, 0.29) is 5.91 Å². The second-order valence-electron chi connectivity index (χ2n) is 4.51. The second kappa shape index (κ2) is 4.35. The topological polar surface area (TPSA) is 20.3 Å². The third-order valence-corrected chi connectivity index (χ3v) is 4.03. The monoisotopic (exact) mass is 423 g/mol. The Morgan fingerprint density at radius 2 is 1.88 bits per heavy atom. The maximum atomic E-state index is 12.4. The third kappa shape index (κ3) is 2.34. The molecule has 0 unspecified atom stereocenters. The number of carbonyl (C=O) groups is 1. The summed E-state index contributed by atoms with van der Waals surface area (Å²) in [6.07, 6.45) is 0.625. The van der Waals surface area contributed by atoms with Gasteiger partial charge in [-0.3, -0.25) is 4.79 Å². The number of carbonyl (C=O) groups excluding carboxylic acids is 1. The molecule has 0 saturated heterocycles. The van der Waals surface area contributed by atoms with E-state index in [2.05, 4.69) is 47.8 Å². The minimum absolute atomic E-state index is 0.126. The third-order valence-electron chi connectivity index (χ3n) is 3.19. The number of anilines is 1. The number of alkyl halides is 3. The number of nitrogens with zero attached hydrogens (tertiary/aromatic N) is 1. The van der Waals surface area contributed by atoms with Crippen LogP contribution in [0.3, 0.4) is 0 Å². The lowest BCUT2D eigenvalue weighted by atomic mass is 9.81. The SMILES string of the molecule is CN1C(=O)[C@](C)(CC(Br)(Br)Br)c2ccccc21. The molecule has 1 aliphatic rings. The van der Waals surface area contributed by atoms with Crippen molar-refractivity contribution in [2.75, 3.05) is 11.9 Å². The molecular weight excluding hydrogens is 414 g/mol. The normalized spacial score (nSPS) is 24.1. The van der Waals surface area contributed by atoms with E-state index >= 15 is 0 Å². The second-order valence-corrected chi connectivity index (χ2v) is 11.8. The Bertz CT molecular complexity index is 469. The number of likely N-dealkylation sites (N-methyl/N-ethyl adjacent to an activating group) is 1. The Kier molecular flexibility index (Phi) is 3.47. The fourth-order valence-corrected chi connectivity index (χ4v) is 4.08. The van der Waals surface area contributed by atoms with Gasteiger partial charge in [-0.15, -0.1) is 0 Å². The molecule has 17 heavy (non-hydrogen) atoms. The first-order chi connectivity index (χ1) is 7.76. The predicted molar refractivity (Wildman–Crippen MR) is 81.3 cm³/mol. The molecule has 5 heteroatoms. The van der Waals surface area contributed by atoms with Crippen molar-refractivity contribution in [3.63, 3.8) is 0 Å². The maximum absolute atomic E-state index is 12.4. The van der Waals surface area contributed by atoms with E-state index in [1.165, 1.54) is 0 Å². The summed E-state index contributed by atoms with van der Waals surface area (Å²) in [5.74, 6) is 0.126. The van der Waals surface area contributed by atoms with Crippen LogP contribution >= 0.6 is 47.8 Å². The van der Waals surface area contributed by atoms with E-state index < -0.39 is 7.56 Å². The molecule has 2 rings (SSSR count). The van der Waals surface area contributed by atoms with Gasteiger partial charge in [0.1, 0.15) is 2.14 Å². The average Bonchev–Trinajstić information content (AvgIpc) is 2.40. The predicted octanol–water partition coefficient (Wildman–Crippen LogP) is 4.15. The van der Waals surface area contributed by atoms with E-state index in [0.29, 0.717) is 6.42 Å². The van der Waals surface area contributed by atoms with Gasteiger partial charge in [-0.2, -0.15) is 0 Å². The summed E-state index contributed by atoms with van der Waals surface area (Å²) >= 11 is 10.5. The average molecular weight is 426 g/mol. The quantitative estimate of drug-likeness (QED) is 0.619. The molecular formula is C12H12Br3NO. The molecule has 1 atom stereocenters. The zero-order chi connectivity index (χ0) is 12.8. The van der Waals surface area contributed by atoms with Crippen LogP contribution in [0.5, 0.6) is 0 Å². The lowest BCUT2D eigenvalue weighted by molar-refractivity contribution is -0.122. The zero-order valence-electron chi connectivity index (χ0n) is 9.51. The minimum Gasteiger partial charge on any atom is -0.314 e. The summed E-state index contributed by atoms with van der Waals surface area (Å²) in [5, 5.41) is 0. The van der Waals surface area contributed by atoms with Crippen molar-refractivity contribution in [3.05, 3.63) is 29.8 Å². The van der Waals surface area contributed by atoms with Crippen LogP contribution in [-0.4, -0.2) is 15.1 Å². The molecule has 0 saturated carbocycles. The molecule has 1 aliphatic heterocycles. The fraction of sp³-hybridized carbons (Fsp3) is 0.417. The lowest BCUT2D eigenvalue weighted by Crippen LogP contribution is -2.38. The summed E-state index contributed by atoms with van der Waals surface area (Å²) in [6, 6.07) is 7.94. The smallest absolute Gasteiger partial charge is 0.237 e. The Balaban J connectivity index is 2.52. The largest absolute Gasteiger partial charge is 0.314 e. The number of amides is 1. The highest BCUT2D eigenvalue weighted by molar-refractivity contribution is 9.39. The number of rotatable bonds is 1. The molecule has 0 bridgehead atoms. The van der Waals surface area contributed by atoms with Crippen LogP contribution in [0.15, 0.2) is 24.3 Å². The first-order valence-corrected chi connectivity index (χ1v) is 7.58. The molecule has 0 aliphatic carbocycles. The van der Waals surface area contributed by atoms with Crippen molar-refractivity contribution in [3.8, 4) is 0 Å². The van der Waals surface area contributed by atoms with Crippen molar-refractivity contribution in [2.24, 2.45) is 0 Å². The summed E-state index contributed by atoms with van der Waals surface area (Å²) in [5.41, 5.74) is 1.56. The summed E-state index contributed by atoms with van der Waals surface area (Å²) in [7, 11) is 1.82. The van der Waals surface area contributed by atoms with Crippen LogP contribution in [0.25, 0.3) is 0 Å². The van der Waals surface area contributed by atoms with Crippen molar-refractivity contribution >= 4 is 59.4 Å². The van der Waals surface area contributed by atoms with E-state index in [4.69, 9.17) is 0 Å². The van der Waals surface area contributed by atoms with Crippen molar-refractivity contribution in [1.82, 2.24) is 0 Å². The molecule has 2 nitrogen and oxygen atoms in total. The maximum Gasteiger partial charge on any atom is 0.237 e. The minimum atomic E-state index is -0.512. The molecule has 0 radical (unpaired) electrons. The molecule has 0 fully saturated rings. The number of halogens is 3. The number of hydrogen-bond donors (Lipinski definition) is 0. The molecule has 1 aromatic rings. The highest BCUT2D eigenvalue weighted by Gasteiger charge is 2.48.